The summed E-state index contributed by atoms with van der Waals surface area (Å²) in [5.74, 6) is -2.76. The standard InChI is InChI=1S/C11H10O5/c1-16-11(15)10(14)6-9(13)7-4-2-3-5-8(7)12/h2-6,12-13H,1H3/b9-6-. The van der Waals surface area contributed by atoms with Gasteiger partial charge in [-0.15, -0.1) is 0 Å². The van der Waals surface area contributed by atoms with Gasteiger partial charge < -0.3 is 14.9 Å². The monoisotopic (exact) mass is 222 g/mol. The first kappa shape index (κ1) is 11.8. The number of aromatic hydroxyl groups is 1. The minimum Gasteiger partial charge on any atom is -0.507 e. The highest BCUT2D eigenvalue weighted by molar-refractivity contribution is 6.39. The van der Waals surface area contributed by atoms with E-state index < -0.39 is 17.5 Å². The number of carbonyl (C=O) groups is 2. The summed E-state index contributed by atoms with van der Waals surface area (Å²) in [5.41, 5.74) is 0.0692. The maximum Gasteiger partial charge on any atom is 0.378 e. The van der Waals surface area contributed by atoms with Crippen molar-refractivity contribution in [2.75, 3.05) is 7.11 Å². The molecule has 0 bridgehead atoms. The lowest BCUT2D eigenvalue weighted by atomic mass is 10.1. The fourth-order valence-electron chi connectivity index (χ4n) is 1.05. The Balaban J connectivity index is 2.99. The van der Waals surface area contributed by atoms with Gasteiger partial charge >= 0.3 is 5.97 Å². The molecule has 0 aliphatic rings. The highest BCUT2D eigenvalue weighted by Crippen LogP contribution is 2.22. The predicted octanol–water partition coefficient (Wildman–Crippen LogP) is 1.03. The molecule has 5 nitrogen and oxygen atoms in total. The van der Waals surface area contributed by atoms with Crippen LogP contribution in [0.15, 0.2) is 30.3 Å². The van der Waals surface area contributed by atoms with E-state index >= 15 is 0 Å². The highest BCUT2D eigenvalue weighted by Gasteiger charge is 2.13. The lowest BCUT2D eigenvalue weighted by Crippen LogP contribution is -2.13. The van der Waals surface area contributed by atoms with Crippen LogP contribution in [0.3, 0.4) is 0 Å². The zero-order chi connectivity index (χ0) is 12.1. The number of benzene rings is 1. The Morgan fingerprint density at radius 1 is 1.31 bits per heavy atom. The van der Waals surface area contributed by atoms with Gasteiger partial charge in [0.2, 0.25) is 0 Å². The summed E-state index contributed by atoms with van der Waals surface area (Å²) < 4.78 is 4.17. The van der Waals surface area contributed by atoms with Crippen LogP contribution >= 0.6 is 0 Å². The van der Waals surface area contributed by atoms with Gasteiger partial charge in [-0.3, -0.25) is 4.79 Å². The first-order chi connectivity index (χ1) is 7.56. The Bertz CT molecular complexity index is 447. The Hall–Kier alpha value is -2.30. The summed E-state index contributed by atoms with van der Waals surface area (Å²) in [6, 6.07) is 5.89. The summed E-state index contributed by atoms with van der Waals surface area (Å²) in [6.45, 7) is 0. The number of hydrogen-bond acceptors (Lipinski definition) is 5. The van der Waals surface area contributed by atoms with Crippen molar-refractivity contribution in [3.05, 3.63) is 35.9 Å². The van der Waals surface area contributed by atoms with Crippen molar-refractivity contribution in [1.29, 1.82) is 0 Å². The van der Waals surface area contributed by atoms with Crippen molar-refractivity contribution < 1.29 is 24.5 Å². The van der Waals surface area contributed by atoms with E-state index in [-0.39, 0.29) is 11.3 Å². The maximum atomic E-state index is 11.1. The lowest BCUT2D eigenvalue weighted by molar-refractivity contribution is -0.149. The molecule has 0 radical (unpaired) electrons. The number of carbonyl (C=O) groups excluding carboxylic acids is 2. The average molecular weight is 222 g/mol. The fourth-order valence-corrected chi connectivity index (χ4v) is 1.05. The SMILES string of the molecule is COC(=O)C(=O)/C=C(\O)c1ccccc1O. The van der Waals surface area contributed by atoms with Gasteiger partial charge in [-0.2, -0.15) is 0 Å². The quantitative estimate of drug-likeness (QED) is 0.345. The van der Waals surface area contributed by atoms with E-state index in [1.54, 1.807) is 12.1 Å². The van der Waals surface area contributed by atoms with Gasteiger partial charge in [0, 0.05) is 6.08 Å². The minimum absolute atomic E-state index is 0.0692. The van der Waals surface area contributed by atoms with Gasteiger partial charge in [0.15, 0.2) is 0 Å². The Kier molecular flexibility index (Phi) is 3.66. The molecule has 1 aromatic carbocycles. The molecule has 0 heterocycles. The number of aliphatic hydroxyl groups is 1. The first-order valence-electron chi connectivity index (χ1n) is 4.37. The molecule has 84 valence electrons. The molecule has 5 heteroatoms. The van der Waals surface area contributed by atoms with Gasteiger partial charge in [0.1, 0.15) is 11.5 Å². The topological polar surface area (TPSA) is 83.8 Å². The summed E-state index contributed by atoms with van der Waals surface area (Å²) in [4.78, 5) is 21.9. The van der Waals surface area contributed by atoms with E-state index in [0.717, 1.165) is 7.11 Å². The summed E-state index contributed by atoms with van der Waals surface area (Å²) in [7, 11) is 1.06. The average Bonchev–Trinajstić information content (AvgIpc) is 2.28. The number of hydrogen-bond donors (Lipinski definition) is 2. The van der Waals surface area contributed by atoms with Crippen molar-refractivity contribution in [2.24, 2.45) is 0 Å². The van der Waals surface area contributed by atoms with Crippen molar-refractivity contribution in [3.63, 3.8) is 0 Å². The van der Waals surface area contributed by atoms with E-state index in [0.29, 0.717) is 6.08 Å². The Labute approximate surface area is 91.6 Å². The molecule has 0 aliphatic carbocycles. The summed E-state index contributed by atoms with van der Waals surface area (Å²) in [5, 5.41) is 18.8. The van der Waals surface area contributed by atoms with Crippen molar-refractivity contribution in [1.82, 2.24) is 0 Å². The molecular formula is C11H10O5. The molecule has 0 atom stereocenters. The van der Waals surface area contributed by atoms with Gasteiger partial charge in [0.05, 0.1) is 12.7 Å². The third-order valence-corrected chi connectivity index (χ3v) is 1.83. The van der Waals surface area contributed by atoms with Crippen molar-refractivity contribution >= 4 is 17.5 Å². The second kappa shape index (κ2) is 4.97. The van der Waals surface area contributed by atoms with Crippen molar-refractivity contribution in [2.45, 2.75) is 0 Å². The lowest BCUT2D eigenvalue weighted by Gasteiger charge is -2.02. The molecule has 2 N–H and O–H groups in total. The van der Waals surface area contributed by atoms with E-state index in [1.807, 2.05) is 0 Å². The zero-order valence-corrected chi connectivity index (χ0v) is 8.51. The number of phenols is 1. The number of phenolic OH excluding ortho intramolecular Hbond substituents is 1. The highest BCUT2D eigenvalue weighted by atomic mass is 16.5. The number of ketones is 1. The zero-order valence-electron chi connectivity index (χ0n) is 8.51. The number of esters is 1. The largest absolute Gasteiger partial charge is 0.507 e. The van der Waals surface area contributed by atoms with Gasteiger partial charge in [0.25, 0.3) is 5.78 Å². The molecule has 0 saturated heterocycles. The molecular weight excluding hydrogens is 212 g/mol. The number of ether oxygens (including phenoxy) is 1. The second-order valence-electron chi connectivity index (χ2n) is 2.90. The Morgan fingerprint density at radius 3 is 2.50 bits per heavy atom. The van der Waals surface area contributed by atoms with Crippen LogP contribution in [-0.4, -0.2) is 29.1 Å². The summed E-state index contributed by atoms with van der Waals surface area (Å²) in [6.07, 6.45) is 0.695. The van der Waals surface area contributed by atoms with Crippen LogP contribution in [0.1, 0.15) is 5.56 Å². The third kappa shape index (κ3) is 2.60. The van der Waals surface area contributed by atoms with E-state index in [1.165, 1.54) is 12.1 Å². The van der Waals surface area contributed by atoms with E-state index in [9.17, 15) is 19.8 Å². The molecule has 0 fully saturated rings. The van der Waals surface area contributed by atoms with Gasteiger partial charge in [-0.25, -0.2) is 4.79 Å². The third-order valence-electron chi connectivity index (χ3n) is 1.83. The Morgan fingerprint density at radius 2 is 1.94 bits per heavy atom. The van der Waals surface area contributed by atoms with E-state index in [2.05, 4.69) is 4.74 Å². The molecule has 1 rings (SSSR count). The normalized spacial score (nSPS) is 10.9. The first-order valence-corrected chi connectivity index (χ1v) is 4.37. The fraction of sp³-hybridized carbons (Fsp3) is 0.0909. The predicted molar refractivity (Wildman–Crippen MR) is 55.7 cm³/mol. The van der Waals surface area contributed by atoms with Crippen LogP contribution in [0.2, 0.25) is 0 Å². The molecule has 16 heavy (non-hydrogen) atoms. The molecule has 0 unspecified atom stereocenters. The van der Waals surface area contributed by atoms with Crippen LogP contribution in [0.25, 0.3) is 5.76 Å². The second-order valence-corrected chi connectivity index (χ2v) is 2.90. The minimum atomic E-state index is -1.08. The van der Waals surface area contributed by atoms with Crippen LogP contribution in [-0.2, 0) is 14.3 Å². The molecule has 0 spiro atoms. The van der Waals surface area contributed by atoms with Crippen LogP contribution in [0, 0.1) is 0 Å². The van der Waals surface area contributed by atoms with Crippen LogP contribution in [0.4, 0.5) is 0 Å². The summed E-state index contributed by atoms with van der Waals surface area (Å²) >= 11 is 0. The van der Waals surface area contributed by atoms with Crippen LogP contribution in [0.5, 0.6) is 5.75 Å². The number of methoxy groups -OCH3 is 1. The maximum absolute atomic E-state index is 11.1. The number of rotatable bonds is 3. The molecule has 0 saturated carbocycles. The van der Waals surface area contributed by atoms with Crippen molar-refractivity contribution in [3.8, 4) is 5.75 Å². The molecule has 1 aromatic rings. The molecule has 0 aromatic heterocycles. The number of aliphatic hydroxyl groups excluding tert-OH is 1. The van der Waals surface area contributed by atoms with Gasteiger partial charge in [-0.05, 0) is 12.1 Å². The molecule has 0 aliphatic heterocycles. The van der Waals surface area contributed by atoms with E-state index in [4.69, 9.17) is 0 Å². The molecule has 0 amide bonds. The van der Waals surface area contributed by atoms with Gasteiger partial charge in [-0.1, -0.05) is 12.1 Å². The van der Waals surface area contributed by atoms with Crippen LogP contribution < -0.4 is 0 Å². The smallest absolute Gasteiger partial charge is 0.378 e. The number of para-hydroxylation sites is 1.